The molecule has 0 heterocycles. The van der Waals surface area contributed by atoms with Crippen LogP contribution in [0.1, 0.15) is 6.92 Å². The lowest BCUT2D eigenvalue weighted by atomic mass is 10.3. The van der Waals surface area contributed by atoms with Gasteiger partial charge in [0.2, 0.25) is 0 Å². The van der Waals surface area contributed by atoms with E-state index in [9.17, 15) is 15.2 Å². The number of hydrogen-bond acceptors (Lipinski definition) is 6. The summed E-state index contributed by atoms with van der Waals surface area (Å²) in [6.07, 6.45) is -0.722. The first-order valence-electron chi connectivity index (χ1n) is 6.45. The third-order valence-corrected chi connectivity index (χ3v) is 2.80. The van der Waals surface area contributed by atoms with E-state index in [1.54, 1.807) is 6.07 Å². The first-order chi connectivity index (χ1) is 9.56. The van der Waals surface area contributed by atoms with Crippen LogP contribution in [-0.2, 0) is 0 Å². The van der Waals surface area contributed by atoms with Crippen LogP contribution in [-0.4, -0.2) is 59.0 Å². The van der Waals surface area contributed by atoms with E-state index in [4.69, 9.17) is 9.84 Å². The molecule has 0 saturated heterocycles. The molecule has 0 amide bonds. The van der Waals surface area contributed by atoms with Crippen molar-refractivity contribution in [2.75, 3.05) is 32.8 Å². The molecule has 0 aliphatic carbocycles. The van der Waals surface area contributed by atoms with Crippen molar-refractivity contribution in [2.45, 2.75) is 13.0 Å². The number of hydrogen-bond donors (Lipinski definition) is 2. The van der Waals surface area contributed by atoms with Crippen LogP contribution >= 0.6 is 0 Å². The Balaban J connectivity index is 2.46. The van der Waals surface area contributed by atoms with Crippen molar-refractivity contribution in [1.29, 1.82) is 0 Å². The lowest BCUT2D eigenvalue weighted by Gasteiger charge is -2.22. The molecular formula is C13H20N2O5. The fourth-order valence-electron chi connectivity index (χ4n) is 1.75. The molecule has 0 fully saturated rings. The molecule has 1 aromatic carbocycles. The van der Waals surface area contributed by atoms with Crippen molar-refractivity contribution >= 4 is 5.69 Å². The van der Waals surface area contributed by atoms with Crippen LogP contribution in [0.15, 0.2) is 24.3 Å². The average Bonchev–Trinajstić information content (AvgIpc) is 2.45. The van der Waals surface area contributed by atoms with Gasteiger partial charge in [0, 0.05) is 19.2 Å². The van der Waals surface area contributed by atoms with Crippen molar-refractivity contribution in [3.63, 3.8) is 0 Å². The Morgan fingerprint density at radius 3 is 2.85 bits per heavy atom. The molecule has 1 aromatic rings. The topological polar surface area (TPSA) is 96.1 Å². The largest absolute Gasteiger partial charge is 0.491 e. The Kier molecular flexibility index (Phi) is 6.92. The number of ether oxygens (including phenoxy) is 1. The summed E-state index contributed by atoms with van der Waals surface area (Å²) >= 11 is 0. The first-order valence-corrected chi connectivity index (χ1v) is 6.45. The number of likely N-dealkylation sites (N-methyl/N-ethyl adjacent to an activating group) is 1. The lowest BCUT2D eigenvalue weighted by Crippen LogP contribution is -2.37. The van der Waals surface area contributed by atoms with Gasteiger partial charge < -0.3 is 14.9 Å². The summed E-state index contributed by atoms with van der Waals surface area (Å²) in [5.41, 5.74) is -0.0487. The molecule has 1 unspecified atom stereocenters. The van der Waals surface area contributed by atoms with Crippen molar-refractivity contribution in [3.8, 4) is 5.75 Å². The molecule has 0 aliphatic rings. The van der Waals surface area contributed by atoms with Gasteiger partial charge in [-0.05, 0) is 12.6 Å². The number of nitrogens with zero attached hydrogens (tertiary/aromatic N) is 2. The number of non-ortho nitro benzene ring substituents is 1. The smallest absolute Gasteiger partial charge is 0.273 e. The Morgan fingerprint density at radius 1 is 1.50 bits per heavy atom. The highest BCUT2D eigenvalue weighted by molar-refractivity contribution is 5.37. The van der Waals surface area contributed by atoms with Crippen LogP contribution in [0.2, 0.25) is 0 Å². The third-order valence-electron chi connectivity index (χ3n) is 2.80. The standard InChI is InChI=1S/C13H20N2O5/c1-2-14(6-7-16)9-12(17)10-20-13-5-3-4-11(8-13)15(18)19/h3-5,8,12,16-17H,2,6-7,9-10H2,1H3. The quantitative estimate of drug-likeness (QED) is 0.510. The number of nitro groups is 1. The molecule has 112 valence electrons. The molecule has 0 saturated carbocycles. The van der Waals surface area contributed by atoms with Crippen molar-refractivity contribution < 1.29 is 19.9 Å². The first kappa shape index (κ1) is 16.4. The maximum Gasteiger partial charge on any atom is 0.273 e. The zero-order valence-corrected chi connectivity index (χ0v) is 11.4. The molecule has 0 aromatic heterocycles. The Labute approximate surface area is 117 Å². The third kappa shape index (κ3) is 5.52. The van der Waals surface area contributed by atoms with Gasteiger partial charge in [-0.3, -0.25) is 15.0 Å². The summed E-state index contributed by atoms with van der Waals surface area (Å²) in [5.74, 6) is 0.350. The second kappa shape index (κ2) is 8.47. The van der Waals surface area contributed by atoms with Crippen LogP contribution < -0.4 is 4.74 Å². The number of nitro benzene ring substituents is 1. The van der Waals surface area contributed by atoms with E-state index in [1.165, 1.54) is 18.2 Å². The van der Waals surface area contributed by atoms with Gasteiger partial charge in [-0.15, -0.1) is 0 Å². The monoisotopic (exact) mass is 284 g/mol. The summed E-state index contributed by atoms with van der Waals surface area (Å²) in [6.45, 7) is 3.60. The number of rotatable bonds is 9. The molecule has 0 spiro atoms. The van der Waals surface area contributed by atoms with E-state index in [2.05, 4.69) is 0 Å². The second-order valence-corrected chi connectivity index (χ2v) is 4.34. The minimum atomic E-state index is -0.722. The predicted octanol–water partition coefficient (Wildman–Crippen LogP) is 0.649. The highest BCUT2D eigenvalue weighted by atomic mass is 16.6. The molecule has 1 rings (SSSR count). The molecule has 0 aliphatic heterocycles. The van der Waals surface area contributed by atoms with E-state index < -0.39 is 11.0 Å². The van der Waals surface area contributed by atoms with Crippen LogP contribution in [0, 0.1) is 10.1 Å². The van der Waals surface area contributed by atoms with Crippen LogP contribution in [0.5, 0.6) is 5.75 Å². The van der Waals surface area contributed by atoms with E-state index in [0.29, 0.717) is 25.4 Å². The maximum atomic E-state index is 10.6. The van der Waals surface area contributed by atoms with E-state index in [1.807, 2.05) is 11.8 Å². The van der Waals surface area contributed by atoms with Gasteiger partial charge in [0.15, 0.2) is 0 Å². The highest BCUT2D eigenvalue weighted by Crippen LogP contribution is 2.19. The Bertz CT molecular complexity index is 427. The van der Waals surface area contributed by atoms with E-state index in [0.717, 1.165) is 0 Å². The van der Waals surface area contributed by atoms with Crippen molar-refractivity contribution in [3.05, 3.63) is 34.4 Å². The molecule has 20 heavy (non-hydrogen) atoms. The Hall–Kier alpha value is -1.70. The Morgan fingerprint density at radius 2 is 2.25 bits per heavy atom. The average molecular weight is 284 g/mol. The summed E-state index contributed by atoms with van der Waals surface area (Å²) in [6, 6.07) is 5.83. The molecular weight excluding hydrogens is 264 g/mol. The van der Waals surface area contributed by atoms with Crippen LogP contribution in [0.3, 0.4) is 0 Å². The molecule has 2 N–H and O–H groups in total. The van der Waals surface area contributed by atoms with Gasteiger partial charge in [0.05, 0.1) is 17.6 Å². The SMILES string of the molecule is CCN(CCO)CC(O)COc1cccc([N+](=O)[O-])c1. The highest BCUT2D eigenvalue weighted by Gasteiger charge is 2.12. The summed E-state index contributed by atoms with van der Waals surface area (Å²) < 4.78 is 5.34. The molecule has 0 bridgehead atoms. The van der Waals surface area contributed by atoms with Gasteiger partial charge in [0.1, 0.15) is 18.5 Å². The molecule has 7 nitrogen and oxygen atoms in total. The zero-order chi connectivity index (χ0) is 15.0. The zero-order valence-electron chi connectivity index (χ0n) is 11.4. The molecule has 1 atom stereocenters. The second-order valence-electron chi connectivity index (χ2n) is 4.34. The molecule has 7 heteroatoms. The van der Waals surface area contributed by atoms with Crippen LogP contribution in [0.4, 0.5) is 5.69 Å². The van der Waals surface area contributed by atoms with Gasteiger partial charge in [-0.25, -0.2) is 0 Å². The minimum Gasteiger partial charge on any atom is -0.491 e. The number of benzene rings is 1. The van der Waals surface area contributed by atoms with Gasteiger partial charge in [0.25, 0.3) is 5.69 Å². The summed E-state index contributed by atoms with van der Waals surface area (Å²) in [7, 11) is 0. The normalized spacial score (nSPS) is 12.4. The number of aliphatic hydroxyl groups is 2. The van der Waals surface area contributed by atoms with Gasteiger partial charge in [-0.1, -0.05) is 13.0 Å². The fraction of sp³-hybridized carbons (Fsp3) is 0.538. The fourth-order valence-corrected chi connectivity index (χ4v) is 1.75. The summed E-state index contributed by atoms with van der Waals surface area (Å²) in [4.78, 5) is 12.0. The van der Waals surface area contributed by atoms with E-state index in [-0.39, 0.29) is 18.9 Å². The van der Waals surface area contributed by atoms with Crippen LogP contribution in [0.25, 0.3) is 0 Å². The maximum absolute atomic E-state index is 10.6. The van der Waals surface area contributed by atoms with Crippen molar-refractivity contribution in [1.82, 2.24) is 4.90 Å². The minimum absolute atomic E-state index is 0.0340. The molecule has 0 radical (unpaired) electrons. The predicted molar refractivity (Wildman–Crippen MR) is 73.8 cm³/mol. The lowest BCUT2D eigenvalue weighted by molar-refractivity contribution is -0.384. The van der Waals surface area contributed by atoms with Gasteiger partial charge in [-0.2, -0.15) is 0 Å². The number of aliphatic hydroxyl groups excluding tert-OH is 2. The summed E-state index contributed by atoms with van der Waals surface area (Å²) in [5, 5.41) is 29.3. The van der Waals surface area contributed by atoms with Crippen molar-refractivity contribution in [2.24, 2.45) is 0 Å². The van der Waals surface area contributed by atoms with E-state index >= 15 is 0 Å². The van der Waals surface area contributed by atoms with Gasteiger partial charge >= 0.3 is 0 Å².